The predicted octanol–water partition coefficient (Wildman–Crippen LogP) is 5.14. The minimum absolute atomic E-state index is 0.140. The fourth-order valence-corrected chi connectivity index (χ4v) is 5.09. The molecule has 4 aromatic rings. The summed E-state index contributed by atoms with van der Waals surface area (Å²) >= 11 is 1.25. The van der Waals surface area contributed by atoms with Gasteiger partial charge in [-0.05, 0) is 41.8 Å². The first-order valence-corrected chi connectivity index (χ1v) is 11.3. The molecule has 0 atom stereocenters. The van der Waals surface area contributed by atoms with Gasteiger partial charge in [0.2, 0.25) is 0 Å². The molecule has 1 aliphatic rings. The maximum absolute atomic E-state index is 14.2. The highest BCUT2D eigenvalue weighted by molar-refractivity contribution is 7.21. The summed E-state index contributed by atoms with van der Waals surface area (Å²) in [6.45, 7) is 4.40. The molecule has 5 rings (SSSR count). The van der Waals surface area contributed by atoms with Gasteiger partial charge in [-0.15, -0.1) is 11.3 Å². The monoisotopic (exact) mass is 446 g/mol. The quantitative estimate of drug-likeness (QED) is 0.456. The normalized spacial score (nSPS) is 13.8. The Hall–Kier alpha value is -3.29. The van der Waals surface area contributed by atoms with Crippen molar-refractivity contribution in [1.82, 2.24) is 9.88 Å². The highest BCUT2D eigenvalue weighted by Gasteiger charge is 2.23. The second-order valence-corrected chi connectivity index (χ2v) is 9.17. The molecule has 2 aromatic carbocycles. The zero-order valence-corrected chi connectivity index (χ0v) is 18.5. The number of benzene rings is 2. The lowest BCUT2D eigenvalue weighted by Crippen LogP contribution is -2.30. The van der Waals surface area contributed by atoms with Gasteiger partial charge < -0.3 is 11.1 Å². The summed E-state index contributed by atoms with van der Waals surface area (Å²) in [7, 11) is 0. The summed E-state index contributed by atoms with van der Waals surface area (Å²) < 4.78 is 14.2. The molecule has 0 radical (unpaired) electrons. The summed E-state index contributed by atoms with van der Waals surface area (Å²) in [4.78, 5) is 21.1. The number of amides is 1. The fourth-order valence-electron chi connectivity index (χ4n) is 4.10. The van der Waals surface area contributed by atoms with Gasteiger partial charge in [-0.3, -0.25) is 9.69 Å². The Morgan fingerprint density at radius 1 is 1.22 bits per heavy atom. The average molecular weight is 447 g/mol. The van der Waals surface area contributed by atoms with Crippen molar-refractivity contribution < 1.29 is 9.18 Å². The van der Waals surface area contributed by atoms with E-state index in [1.807, 2.05) is 6.07 Å². The maximum Gasteiger partial charge on any atom is 0.268 e. The smallest absolute Gasteiger partial charge is 0.268 e. The molecule has 32 heavy (non-hydrogen) atoms. The van der Waals surface area contributed by atoms with E-state index in [1.165, 1.54) is 23.0 Å². The van der Waals surface area contributed by atoms with Gasteiger partial charge in [0, 0.05) is 37.1 Å². The number of aromatic nitrogens is 1. The van der Waals surface area contributed by atoms with Crippen LogP contribution in [0.2, 0.25) is 0 Å². The van der Waals surface area contributed by atoms with E-state index in [9.17, 15) is 9.18 Å². The van der Waals surface area contributed by atoms with E-state index in [0.29, 0.717) is 10.6 Å². The number of fused-ring (bicyclic) bond motifs is 2. The van der Waals surface area contributed by atoms with Crippen LogP contribution in [0.1, 0.15) is 32.1 Å². The Labute approximate surface area is 189 Å². The zero-order valence-electron chi connectivity index (χ0n) is 17.7. The first kappa shape index (κ1) is 20.6. The molecule has 2 aromatic heterocycles. The molecule has 0 unspecified atom stereocenters. The highest BCUT2D eigenvalue weighted by atomic mass is 32.1. The number of pyridine rings is 1. The van der Waals surface area contributed by atoms with E-state index < -0.39 is 11.7 Å². The van der Waals surface area contributed by atoms with Crippen molar-refractivity contribution in [2.24, 2.45) is 0 Å². The Morgan fingerprint density at radius 2 is 2.03 bits per heavy atom. The Balaban J connectivity index is 1.40. The van der Waals surface area contributed by atoms with E-state index >= 15 is 0 Å². The third-order valence-corrected chi connectivity index (χ3v) is 6.89. The number of aryl methyl sites for hydroxylation is 1. The molecule has 0 saturated carbocycles. The van der Waals surface area contributed by atoms with Gasteiger partial charge in [-0.25, -0.2) is 9.37 Å². The molecule has 0 spiro atoms. The van der Waals surface area contributed by atoms with Crippen molar-refractivity contribution in [3.63, 3.8) is 0 Å². The number of carbonyl (C=O) groups is 1. The third kappa shape index (κ3) is 3.97. The Morgan fingerprint density at radius 3 is 2.81 bits per heavy atom. The van der Waals surface area contributed by atoms with Crippen LogP contribution >= 0.6 is 11.3 Å². The van der Waals surface area contributed by atoms with E-state index in [-0.39, 0.29) is 5.69 Å². The molecule has 0 aliphatic carbocycles. The van der Waals surface area contributed by atoms with Crippen molar-refractivity contribution in [2.75, 3.05) is 17.6 Å². The molecule has 1 aliphatic heterocycles. The topological polar surface area (TPSA) is 71.2 Å². The molecule has 1 amide bonds. The second kappa shape index (κ2) is 8.33. The number of nitrogens with two attached hydrogens (primary N) is 1. The van der Waals surface area contributed by atoms with Crippen molar-refractivity contribution in [3.8, 4) is 0 Å². The first-order valence-electron chi connectivity index (χ1n) is 10.5. The summed E-state index contributed by atoms with van der Waals surface area (Å²) in [5.41, 5.74) is 11.1. The molecular formula is C25H23FN4OS. The molecule has 3 heterocycles. The zero-order chi connectivity index (χ0) is 22.2. The molecule has 5 nitrogen and oxygen atoms in total. The number of nitrogens with one attached hydrogen (secondary N) is 1. The summed E-state index contributed by atoms with van der Waals surface area (Å²) in [6.07, 6.45) is 0.853. The average Bonchev–Trinajstić information content (AvgIpc) is 3.10. The SMILES string of the molecule is Cc1ccc(NC(=O)c2sc3nc4c(cc3c2N)CN(Cc2ccccc2)CC4)c(F)c1. The van der Waals surface area contributed by atoms with Gasteiger partial charge in [0.1, 0.15) is 15.5 Å². The number of hydrogen-bond acceptors (Lipinski definition) is 5. The summed E-state index contributed by atoms with van der Waals surface area (Å²) in [6, 6.07) is 17.2. The number of hydrogen-bond donors (Lipinski definition) is 2. The number of nitrogens with zero attached hydrogens (tertiary/aromatic N) is 2. The van der Waals surface area contributed by atoms with Crippen LogP contribution in [-0.4, -0.2) is 22.3 Å². The Bertz CT molecular complexity index is 1320. The minimum Gasteiger partial charge on any atom is -0.397 e. The van der Waals surface area contributed by atoms with Gasteiger partial charge in [0.15, 0.2) is 0 Å². The van der Waals surface area contributed by atoms with E-state index in [1.54, 1.807) is 19.1 Å². The van der Waals surface area contributed by atoms with Gasteiger partial charge >= 0.3 is 0 Å². The van der Waals surface area contributed by atoms with Crippen LogP contribution in [0.15, 0.2) is 54.6 Å². The van der Waals surface area contributed by atoms with Gasteiger partial charge in [-0.2, -0.15) is 0 Å². The number of nitrogen functional groups attached to an aromatic ring is 1. The number of rotatable bonds is 4. The Kier molecular flexibility index (Phi) is 5.36. The largest absolute Gasteiger partial charge is 0.397 e. The van der Waals surface area contributed by atoms with Crippen LogP contribution in [0.5, 0.6) is 0 Å². The van der Waals surface area contributed by atoms with Crippen LogP contribution in [-0.2, 0) is 19.5 Å². The number of thiophene rings is 1. The van der Waals surface area contributed by atoms with Gasteiger partial charge in [0.25, 0.3) is 5.91 Å². The lowest BCUT2D eigenvalue weighted by molar-refractivity contribution is 0.103. The van der Waals surface area contributed by atoms with Crippen molar-refractivity contribution >= 4 is 38.8 Å². The van der Waals surface area contributed by atoms with Gasteiger partial charge in [0.05, 0.1) is 11.4 Å². The molecule has 3 N–H and O–H groups in total. The van der Waals surface area contributed by atoms with Gasteiger partial charge in [-0.1, -0.05) is 36.4 Å². The summed E-state index contributed by atoms with van der Waals surface area (Å²) in [5, 5.41) is 3.42. The lowest BCUT2D eigenvalue weighted by Gasteiger charge is -2.28. The molecule has 0 bridgehead atoms. The predicted molar refractivity (Wildman–Crippen MR) is 127 cm³/mol. The fraction of sp³-hybridized carbons (Fsp3) is 0.200. The standard InChI is InChI=1S/C25H23FN4OS/c1-15-7-8-21(19(26)11-15)28-24(31)23-22(27)18-12-17-14-30(13-16-5-3-2-4-6-16)10-9-20(17)29-25(18)32-23/h2-8,11-12H,9-10,13-14,27H2,1H3,(H,28,31). The van der Waals surface area contributed by atoms with E-state index in [4.69, 9.17) is 10.7 Å². The van der Waals surface area contributed by atoms with Crippen molar-refractivity contribution in [2.45, 2.75) is 26.4 Å². The molecule has 7 heteroatoms. The van der Waals surface area contributed by atoms with Crippen molar-refractivity contribution in [1.29, 1.82) is 0 Å². The minimum atomic E-state index is -0.467. The van der Waals surface area contributed by atoms with Crippen LogP contribution < -0.4 is 11.1 Å². The van der Waals surface area contributed by atoms with E-state index in [0.717, 1.165) is 53.1 Å². The molecular weight excluding hydrogens is 423 g/mol. The third-order valence-electron chi connectivity index (χ3n) is 5.78. The molecule has 0 saturated heterocycles. The number of halogens is 1. The second-order valence-electron chi connectivity index (χ2n) is 8.18. The van der Waals surface area contributed by atoms with Crippen LogP contribution in [0.25, 0.3) is 10.2 Å². The summed E-state index contributed by atoms with van der Waals surface area (Å²) in [5.74, 6) is -0.887. The number of carbonyl (C=O) groups excluding carboxylic acids is 1. The lowest BCUT2D eigenvalue weighted by atomic mass is 10.0. The number of anilines is 2. The van der Waals surface area contributed by atoms with Crippen molar-refractivity contribution in [3.05, 3.63) is 87.7 Å². The van der Waals surface area contributed by atoms with E-state index in [2.05, 4.69) is 40.5 Å². The molecule has 0 fully saturated rings. The maximum atomic E-state index is 14.2. The van der Waals surface area contributed by atoms with Crippen LogP contribution in [0.3, 0.4) is 0 Å². The van der Waals surface area contributed by atoms with Crippen LogP contribution in [0.4, 0.5) is 15.8 Å². The molecule has 162 valence electrons. The van der Waals surface area contributed by atoms with Crippen LogP contribution in [0, 0.1) is 12.7 Å². The first-order chi connectivity index (χ1) is 15.5. The highest BCUT2D eigenvalue weighted by Crippen LogP contribution is 2.35.